The Morgan fingerprint density at radius 1 is 1.08 bits per heavy atom. The summed E-state index contributed by atoms with van der Waals surface area (Å²) in [4.78, 5) is 2.57. The largest absolute Gasteiger partial charge is 0.382 e. The van der Waals surface area contributed by atoms with Crippen LogP contribution in [0.4, 0.5) is 5.69 Å². The molecule has 3 aromatic rings. The number of aromatic amines is 1. The van der Waals surface area contributed by atoms with Gasteiger partial charge in [-0.15, -0.1) is 0 Å². The van der Waals surface area contributed by atoms with Crippen LogP contribution < -0.4 is 5.32 Å². The molecule has 1 aliphatic rings. The zero-order valence-corrected chi connectivity index (χ0v) is 15.0. The first-order chi connectivity index (χ1) is 12.2. The van der Waals surface area contributed by atoms with Crippen LogP contribution in [-0.2, 0) is 6.54 Å². The number of benzene rings is 2. The molecule has 2 aromatic carbocycles. The standard InChI is InChI=1S/C21H26N4/c1-15-3-4-17(11-16(15)2)14-25-9-7-19(8-10-25)23-20-5-6-21-18(12-20)13-22-24-21/h3-6,11-13,19,23H,7-10,14H2,1-2H3,(H,22,24). The second-order valence-electron chi connectivity index (χ2n) is 7.29. The summed E-state index contributed by atoms with van der Waals surface area (Å²) in [5.41, 5.74) is 6.49. The van der Waals surface area contributed by atoms with E-state index in [1.54, 1.807) is 0 Å². The van der Waals surface area contributed by atoms with Crippen molar-refractivity contribution in [2.45, 2.75) is 39.3 Å². The van der Waals surface area contributed by atoms with Crippen LogP contribution in [0.2, 0.25) is 0 Å². The van der Waals surface area contributed by atoms with E-state index in [4.69, 9.17) is 0 Å². The Bertz CT molecular complexity index is 859. The fourth-order valence-electron chi connectivity index (χ4n) is 3.66. The third-order valence-corrected chi connectivity index (χ3v) is 5.38. The van der Waals surface area contributed by atoms with Gasteiger partial charge in [0.15, 0.2) is 0 Å². The molecule has 2 heterocycles. The Kier molecular flexibility index (Phi) is 4.45. The number of anilines is 1. The summed E-state index contributed by atoms with van der Waals surface area (Å²) in [6.45, 7) is 7.74. The molecule has 25 heavy (non-hydrogen) atoms. The van der Waals surface area contributed by atoms with Crippen molar-refractivity contribution >= 4 is 16.6 Å². The summed E-state index contributed by atoms with van der Waals surface area (Å²) in [6, 6.07) is 13.8. The fraction of sp³-hybridized carbons (Fsp3) is 0.381. The molecular weight excluding hydrogens is 308 g/mol. The summed E-state index contributed by atoms with van der Waals surface area (Å²) in [6.07, 6.45) is 4.26. The lowest BCUT2D eigenvalue weighted by Gasteiger charge is -2.33. The molecule has 4 rings (SSSR count). The van der Waals surface area contributed by atoms with Crippen molar-refractivity contribution in [3.8, 4) is 0 Å². The predicted molar refractivity (Wildman–Crippen MR) is 104 cm³/mol. The summed E-state index contributed by atoms with van der Waals surface area (Å²) in [5, 5.41) is 12.0. The first kappa shape index (κ1) is 16.2. The van der Waals surface area contributed by atoms with Crippen LogP contribution in [0.15, 0.2) is 42.6 Å². The van der Waals surface area contributed by atoms with E-state index in [-0.39, 0.29) is 0 Å². The third-order valence-electron chi connectivity index (χ3n) is 5.38. The van der Waals surface area contributed by atoms with Crippen molar-refractivity contribution in [1.29, 1.82) is 0 Å². The Morgan fingerprint density at radius 2 is 1.92 bits per heavy atom. The smallest absolute Gasteiger partial charge is 0.0651 e. The minimum Gasteiger partial charge on any atom is -0.382 e. The van der Waals surface area contributed by atoms with E-state index in [0.717, 1.165) is 30.5 Å². The molecule has 130 valence electrons. The van der Waals surface area contributed by atoms with E-state index in [9.17, 15) is 0 Å². The number of aryl methyl sites for hydroxylation is 2. The number of likely N-dealkylation sites (tertiary alicyclic amines) is 1. The molecule has 4 heteroatoms. The lowest BCUT2D eigenvalue weighted by atomic mass is 10.0. The van der Waals surface area contributed by atoms with Gasteiger partial charge in [-0.3, -0.25) is 10.00 Å². The quantitative estimate of drug-likeness (QED) is 0.749. The van der Waals surface area contributed by atoms with Crippen LogP contribution in [0.1, 0.15) is 29.5 Å². The summed E-state index contributed by atoms with van der Waals surface area (Å²) in [7, 11) is 0. The number of hydrogen-bond donors (Lipinski definition) is 2. The summed E-state index contributed by atoms with van der Waals surface area (Å²) >= 11 is 0. The SMILES string of the molecule is Cc1ccc(CN2CCC(Nc3ccc4[nH]ncc4c3)CC2)cc1C. The van der Waals surface area contributed by atoms with E-state index in [0.29, 0.717) is 6.04 Å². The predicted octanol–water partition coefficient (Wildman–Crippen LogP) is 4.26. The van der Waals surface area contributed by atoms with Gasteiger partial charge in [0, 0.05) is 36.7 Å². The lowest BCUT2D eigenvalue weighted by molar-refractivity contribution is 0.211. The van der Waals surface area contributed by atoms with Gasteiger partial charge in [-0.25, -0.2) is 0 Å². The average molecular weight is 334 g/mol. The molecular formula is C21H26N4. The molecule has 1 saturated heterocycles. The topological polar surface area (TPSA) is 44.0 Å². The first-order valence-electron chi connectivity index (χ1n) is 9.15. The number of nitrogens with one attached hydrogen (secondary N) is 2. The summed E-state index contributed by atoms with van der Waals surface area (Å²) in [5.74, 6) is 0. The maximum absolute atomic E-state index is 4.09. The van der Waals surface area contributed by atoms with Gasteiger partial charge in [-0.1, -0.05) is 18.2 Å². The van der Waals surface area contributed by atoms with Gasteiger partial charge < -0.3 is 5.32 Å². The molecule has 0 radical (unpaired) electrons. The van der Waals surface area contributed by atoms with Crippen molar-refractivity contribution < 1.29 is 0 Å². The van der Waals surface area contributed by atoms with Gasteiger partial charge in [0.25, 0.3) is 0 Å². The Balaban J connectivity index is 1.32. The number of fused-ring (bicyclic) bond motifs is 1. The second-order valence-corrected chi connectivity index (χ2v) is 7.29. The van der Waals surface area contributed by atoms with Crippen LogP contribution in [0.5, 0.6) is 0 Å². The lowest BCUT2D eigenvalue weighted by Crippen LogP contribution is -2.38. The number of hydrogen-bond acceptors (Lipinski definition) is 3. The number of piperidine rings is 1. The van der Waals surface area contributed by atoms with Gasteiger partial charge >= 0.3 is 0 Å². The molecule has 0 unspecified atom stereocenters. The second kappa shape index (κ2) is 6.89. The van der Waals surface area contributed by atoms with Crippen LogP contribution in [-0.4, -0.2) is 34.2 Å². The highest BCUT2D eigenvalue weighted by Crippen LogP contribution is 2.22. The van der Waals surface area contributed by atoms with Crippen molar-refractivity contribution in [1.82, 2.24) is 15.1 Å². The van der Waals surface area contributed by atoms with E-state index >= 15 is 0 Å². The molecule has 0 atom stereocenters. The van der Waals surface area contributed by atoms with Crippen molar-refractivity contribution in [2.24, 2.45) is 0 Å². The number of nitrogens with zero attached hydrogens (tertiary/aromatic N) is 2. The van der Waals surface area contributed by atoms with E-state index < -0.39 is 0 Å². The highest BCUT2D eigenvalue weighted by Gasteiger charge is 2.19. The maximum atomic E-state index is 4.09. The molecule has 1 fully saturated rings. The van der Waals surface area contributed by atoms with Crippen LogP contribution >= 0.6 is 0 Å². The summed E-state index contributed by atoms with van der Waals surface area (Å²) < 4.78 is 0. The highest BCUT2D eigenvalue weighted by atomic mass is 15.1. The van der Waals surface area contributed by atoms with Gasteiger partial charge in [-0.2, -0.15) is 5.10 Å². The molecule has 0 saturated carbocycles. The monoisotopic (exact) mass is 334 g/mol. The Hall–Kier alpha value is -2.33. The normalized spacial score (nSPS) is 16.4. The third kappa shape index (κ3) is 3.69. The molecule has 0 amide bonds. The first-order valence-corrected chi connectivity index (χ1v) is 9.15. The number of rotatable bonds is 4. The van der Waals surface area contributed by atoms with E-state index in [2.05, 4.69) is 70.7 Å². The van der Waals surface area contributed by atoms with E-state index in [1.807, 2.05) is 6.20 Å². The zero-order chi connectivity index (χ0) is 17.2. The van der Waals surface area contributed by atoms with Crippen molar-refractivity contribution in [3.05, 3.63) is 59.3 Å². The van der Waals surface area contributed by atoms with Gasteiger partial charge in [0.05, 0.1) is 11.7 Å². The minimum absolute atomic E-state index is 0.556. The number of H-pyrrole nitrogens is 1. The highest BCUT2D eigenvalue weighted by molar-refractivity contribution is 5.81. The fourth-order valence-corrected chi connectivity index (χ4v) is 3.66. The molecule has 0 aliphatic carbocycles. The Morgan fingerprint density at radius 3 is 2.72 bits per heavy atom. The molecule has 1 aliphatic heterocycles. The van der Waals surface area contributed by atoms with Crippen LogP contribution in [0.3, 0.4) is 0 Å². The molecule has 2 N–H and O–H groups in total. The minimum atomic E-state index is 0.556. The number of aromatic nitrogens is 2. The van der Waals surface area contributed by atoms with Crippen LogP contribution in [0.25, 0.3) is 10.9 Å². The van der Waals surface area contributed by atoms with Crippen molar-refractivity contribution in [2.75, 3.05) is 18.4 Å². The molecule has 0 bridgehead atoms. The molecule has 1 aromatic heterocycles. The van der Waals surface area contributed by atoms with Crippen LogP contribution in [0, 0.1) is 13.8 Å². The van der Waals surface area contributed by atoms with Gasteiger partial charge in [-0.05, 0) is 61.6 Å². The Labute approximate surface area is 149 Å². The maximum Gasteiger partial charge on any atom is 0.0651 e. The average Bonchev–Trinajstić information content (AvgIpc) is 3.08. The molecule has 4 nitrogen and oxygen atoms in total. The van der Waals surface area contributed by atoms with Gasteiger partial charge in [0.1, 0.15) is 0 Å². The molecule has 0 spiro atoms. The van der Waals surface area contributed by atoms with Gasteiger partial charge in [0.2, 0.25) is 0 Å². The van der Waals surface area contributed by atoms with Crippen molar-refractivity contribution in [3.63, 3.8) is 0 Å². The van der Waals surface area contributed by atoms with E-state index in [1.165, 1.54) is 35.2 Å². The zero-order valence-electron chi connectivity index (χ0n) is 15.0.